The second-order valence-electron chi connectivity index (χ2n) is 6.85. The molecule has 1 spiro atoms. The van der Waals surface area contributed by atoms with Crippen molar-refractivity contribution in [1.82, 2.24) is 4.90 Å². The minimum atomic E-state index is 0.0384. The van der Waals surface area contributed by atoms with Gasteiger partial charge in [-0.2, -0.15) is 11.3 Å². The summed E-state index contributed by atoms with van der Waals surface area (Å²) in [6.07, 6.45) is 4.81. The monoisotopic (exact) mass is 322 g/mol. The molecule has 1 aromatic rings. The Morgan fingerprint density at radius 3 is 2.86 bits per heavy atom. The second-order valence-corrected chi connectivity index (χ2v) is 7.63. The highest BCUT2D eigenvalue weighted by atomic mass is 32.1. The van der Waals surface area contributed by atoms with Crippen molar-refractivity contribution >= 4 is 17.0 Å². The lowest BCUT2D eigenvalue weighted by Gasteiger charge is -2.50. The van der Waals surface area contributed by atoms with Gasteiger partial charge in [0, 0.05) is 56.5 Å². The van der Waals surface area contributed by atoms with Crippen molar-refractivity contribution in [3.8, 4) is 0 Å². The highest BCUT2D eigenvalue weighted by Gasteiger charge is 2.42. The van der Waals surface area contributed by atoms with E-state index in [4.69, 9.17) is 9.47 Å². The molecule has 0 amide bonds. The van der Waals surface area contributed by atoms with Crippen LogP contribution in [0.5, 0.6) is 0 Å². The van der Waals surface area contributed by atoms with Crippen LogP contribution < -0.4 is 4.90 Å². The van der Waals surface area contributed by atoms with Crippen LogP contribution >= 0.6 is 11.3 Å². The average Bonchev–Trinajstić information content (AvgIpc) is 3.10. The first-order chi connectivity index (χ1) is 10.8. The van der Waals surface area contributed by atoms with E-state index >= 15 is 0 Å². The van der Waals surface area contributed by atoms with E-state index in [9.17, 15) is 0 Å². The number of nitrogens with zero attached hydrogens (tertiary/aromatic N) is 2. The zero-order chi connectivity index (χ0) is 14.8. The number of ether oxygens (including phenoxy) is 2. The molecule has 5 heteroatoms. The summed E-state index contributed by atoms with van der Waals surface area (Å²) in [5.41, 5.74) is 1.41. The van der Waals surface area contributed by atoms with Gasteiger partial charge in [0.25, 0.3) is 0 Å². The van der Waals surface area contributed by atoms with Crippen LogP contribution in [-0.2, 0) is 9.47 Å². The summed E-state index contributed by atoms with van der Waals surface area (Å²) in [5.74, 6) is 0. The number of rotatable bonds is 2. The van der Waals surface area contributed by atoms with Gasteiger partial charge in [-0.05, 0) is 37.1 Å². The van der Waals surface area contributed by atoms with Gasteiger partial charge in [-0.15, -0.1) is 0 Å². The molecule has 0 aliphatic carbocycles. The van der Waals surface area contributed by atoms with Gasteiger partial charge in [-0.25, -0.2) is 0 Å². The normalized spacial score (nSPS) is 31.7. The fourth-order valence-electron chi connectivity index (χ4n) is 4.24. The molecular formula is C17H26N2O2S. The summed E-state index contributed by atoms with van der Waals surface area (Å²) >= 11 is 1.78. The fourth-order valence-corrected chi connectivity index (χ4v) is 4.90. The lowest BCUT2D eigenvalue weighted by atomic mass is 9.89. The molecule has 3 aliphatic rings. The van der Waals surface area contributed by atoms with Crippen LogP contribution in [0.15, 0.2) is 16.8 Å². The molecule has 3 saturated heterocycles. The maximum absolute atomic E-state index is 6.34. The molecule has 3 aliphatic heterocycles. The van der Waals surface area contributed by atoms with Crippen molar-refractivity contribution in [2.24, 2.45) is 0 Å². The van der Waals surface area contributed by atoms with Crippen LogP contribution in [0.1, 0.15) is 25.7 Å². The average molecular weight is 322 g/mol. The first-order valence-electron chi connectivity index (χ1n) is 8.58. The van der Waals surface area contributed by atoms with Crippen molar-refractivity contribution < 1.29 is 9.47 Å². The predicted octanol–water partition coefficient (Wildman–Crippen LogP) is 2.60. The van der Waals surface area contributed by atoms with Gasteiger partial charge in [0.2, 0.25) is 0 Å². The number of thiophene rings is 1. The Morgan fingerprint density at radius 2 is 2.05 bits per heavy atom. The Hall–Kier alpha value is -0.620. The molecule has 0 saturated carbocycles. The van der Waals surface area contributed by atoms with Gasteiger partial charge in [-0.1, -0.05) is 0 Å². The molecular weight excluding hydrogens is 296 g/mol. The Kier molecular flexibility index (Phi) is 4.40. The maximum Gasteiger partial charge on any atom is 0.0983 e. The zero-order valence-corrected chi connectivity index (χ0v) is 14.0. The number of hydrogen-bond donors (Lipinski definition) is 0. The predicted molar refractivity (Wildman–Crippen MR) is 89.9 cm³/mol. The molecule has 0 aromatic carbocycles. The number of morpholine rings is 1. The highest BCUT2D eigenvalue weighted by Crippen LogP contribution is 2.33. The van der Waals surface area contributed by atoms with E-state index in [1.165, 1.54) is 37.9 Å². The van der Waals surface area contributed by atoms with Crippen LogP contribution in [0.2, 0.25) is 0 Å². The Bertz CT molecular complexity index is 471. The Labute approximate surface area is 137 Å². The molecule has 0 N–H and O–H groups in total. The summed E-state index contributed by atoms with van der Waals surface area (Å²) < 4.78 is 11.9. The third-order valence-corrected chi connectivity index (χ3v) is 6.07. The van der Waals surface area contributed by atoms with Crippen molar-refractivity contribution in [2.45, 2.75) is 37.3 Å². The largest absolute Gasteiger partial charge is 0.381 e. The molecule has 0 bridgehead atoms. The van der Waals surface area contributed by atoms with Crippen LogP contribution in [0.4, 0.5) is 5.69 Å². The van der Waals surface area contributed by atoms with E-state index in [1.807, 2.05) is 0 Å². The molecule has 1 unspecified atom stereocenters. The number of anilines is 1. The molecule has 1 aromatic heterocycles. The fraction of sp³-hybridized carbons (Fsp3) is 0.765. The van der Waals surface area contributed by atoms with E-state index in [0.717, 1.165) is 39.5 Å². The van der Waals surface area contributed by atoms with Gasteiger partial charge in [-0.3, -0.25) is 4.90 Å². The van der Waals surface area contributed by atoms with Crippen LogP contribution in [0, 0.1) is 0 Å². The quantitative estimate of drug-likeness (QED) is 0.835. The first-order valence-corrected chi connectivity index (χ1v) is 9.52. The molecule has 4 nitrogen and oxygen atoms in total. The third kappa shape index (κ3) is 3.04. The minimum absolute atomic E-state index is 0.0384. The van der Waals surface area contributed by atoms with Crippen molar-refractivity contribution in [3.63, 3.8) is 0 Å². The summed E-state index contributed by atoms with van der Waals surface area (Å²) in [6, 6.07) is 2.94. The molecule has 122 valence electrons. The van der Waals surface area contributed by atoms with E-state index in [2.05, 4.69) is 26.6 Å². The summed E-state index contributed by atoms with van der Waals surface area (Å²) in [5, 5.41) is 4.44. The number of hydrogen-bond acceptors (Lipinski definition) is 5. The van der Waals surface area contributed by atoms with Gasteiger partial charge in [0.05, 0.1) is 12.2 Å². The van der Waals surface area contributed by atoms with E-state index < -0.39 is 0 Å². The minimum Gasteiger partial charge on any atom is -0.381 e. The van der Waals surface area contributed by atoms with Crippen LogP contribution in [0.25, 0.3) is 0 Å². The summed E-state index contributed by atoms with van der Waals surface area (Å²) in [4.78, 5) is 5.20. The topological polar surface area (TPSA) is 24.9 Å². The van der Waals surface area contributed by atoms with E-state index in [-0.39, 0.29) is 5.60 Å². The third-order valence-electron chi connectivity index (χ3n) is 5.40. The first kappa shape index (κ1) is 14.9. The molecule has 22 heavy (non-hydrogen) atoms. The van der Waals surface area contributed by atoms with Gasteiger partial charge < -0.3 is 14.4 Å². The van der Waals surface area contributed by atoms with Crippen LogP contribution in [-0.4, -0.2) is 62.5 Å². The van der Waals surface area contributed by atoms with Gasteiger partial charge in [0.15, 0.2) is 0 Å². The highest BCUT2D eigenvalue weighted by molar-refractivity contribution is 7.08. The van der Waals surface area contributed by atoms with E-state index in [1.54, 1.807) is 11.3 Å². The molecule has 0 radical (unpaired) electrons. The van der Waals surface area contributed by atoms with Gasteiger partial charge in [0.1, 0.15) is 0 Å². The Morgan fingerprint density at radius 1 is 1.14 bits per heavy atom. The van der Waals surface area contributed by atoms with E-state index in [0.29, 0.717) is 6.04 Å². The summed E-state index contributed by atoms with van der Waals surface area (Å²) in [6.45, 7) is 7.13. The van der Waals surface area contributed by atoms with Crippen LogP contribution in [0.3, 0.4) is 0 Å². The second kappa shape index (κ2) is 6.48. The van der Waals surface area contributed by atoms with Crippen molar-refractivity contribution in [2.75, 3.05) is 50.9 Å². The zero-order valence-electron chi connectivity index (χ0n) is 13.2. The van der Waals surface area contributed by atoms with Gasteiger partial charge >= 0.3 is 0 Å². The maximum atomic E-state index is 6.34. The Balaban J connectivity index is 1.45. The lowest BCUT2D eigenvalue weighted by Crippen LogP contribution is -2.61. The molecule has 4 heterocycles. The SMILES string of the molecule is c1cc(N2CCCC3(C2)CN(C2CCOCC2)CCO3)cs1. The van der Waals surface area contributed by atoms with Crippen molar-refractivity contribution in [1.29, 1.82) is 0 Å². The molecule has 3 fully saturated rings. The lowest BCUT2D eigenvalue weighted by molar-refractivity contribution is -0.130. The molecule has 4 rings (SSSR count). The molecule has 1 atom stereocenters. The summed E-state index contributed by atoms with van der Waals surface area (Å²) in [7, 11) is 0. The van der Waals surface area contributed by atoms with Crippen molar-refractivity contribution in [3.05, 3.63) is 16.8 Å². The number of piperidine rings is 1. The standard InChI is InChI=1S/C17H26N2O2S/c1-5-17(13-18(6-1)16-4-11-22-12-16)14-19(7-10-21-17)15-2-8-20-9-3-15/h4,11-12,15H,1-3,5-10,13-14H2. The smallest absolute Gasteiger partial charge is 0.0983 e.